The Bertz CT molecular complexity index is 851. The Morgan fingerprint density at radius 2 is 1.92 bits per heavy atom. The minimum Gasteiger partial charge on any atom is -0.497 e. The van der Waals surface area contributed by atoms with Crippen molar-refractivity contribution in [2.45, 2.75) is 11.4 Å². The molecule has 0 spiro atoms. The Kier molecular flexibility index (Phi) is 5.82. The molecule has 2 aromatic rings. The number of hydrogen-bond donors (Lipinski definition) is 1. The molecule has 0 bridgehead atoms. The molecular formula is C16H16ClNO5S. The summed E-state index contributed by atoms with van der Waals surface area (Å²) in [5.41, 5.74) is 0.912. The first-order chi connectivity index (χ1) is 11.4. The summed E-state index contributed by atoms with van der Waals surface area (Å²) in [6.45, 7) is 0.0780. The maximum absolute atomic E-state index is 12.4. The van der Waals surface area contributed by atoms with Crippen molar-refractivity contribution < 1.29 is 22.7 Å². The van der Waals surface area contributed by atoms with Gasteiger partial charge in [0.05, 0.1) is 24.8 Å². The topological polar surface area (TPSA) is 81.7 Å². The predicted octanol–water partition coefficient (Wildman–Crippen LogP) is 2.61. The number of nitrogens with one attached hydrogen (secondary N) is 1. The van der Waals surface area contributed by atoms with Crippen molar-refractivity contribution in [2.75, 3.05) is 14.2 Å². The van der Waals surface area contributed by atoms with Crippen LogP contribution < -0.4 is 9.46 Å². The van der Waals surface area contributed by atoms with Gasteiger partial charge in [0.15, 0.2) is 0 Å². The molecule has 1 N–H and O–H groups in total. The Balaban J connectivity index is 2.19. The molecule has 0 aliphatic heterocycles. The van der Waals surface area contributed by atoms with Crippen LogP contribution >= 0.6 is 11.6 Å². The zero-order chi connectivity index (χ0) is 17.7. The van der Waals surface area contributed by atoms with E-state index in [9.17, 15) is 13.2 Å². The second-order valence-corrected chi connectivity index (χ2v) is 6.96. The summed E-state index contributed by atoms with van der Waals surface area (Å²) in [6.07, 6.45) is 0. The molecule has 0 aromatic heterocycles. The van der Waals surface area contributed by atoms with E-state index < -0.39 is 16.0 Å². The van der Waals surface area contributed by atoms with Crippen LogP contribution in [-0.2, 0) is 21.3 Å². The largest absolute Gasteiger partial charge is 0.497 e. The van der Waals surface area contributed by atoms with E-state index >= 15 is 0 Å². The second-order valence-electron chi connectivity index (χ2n) is 4.81. The number of esters is 1. The van der Waals surface area contributed by atoms with E-state index in [0.29, 0.717) is 5.75 Å². The Morgan fingerprint density at radius 1 is 1.17 bits per heavy atom. The number of rotatable bonds is 6. The van der Waals surface area contributed by atoms with Gasteiger partial charge in [-0.05, 0) is 35.9 Å². The molecule has 2 rings (SSSR count). The minimum atomic E-state index is -3.83. The number of halogens is 1. The van der Waals surface area contributed by atoms with Crippen molar-refractivity contribution in [3.8, 4) is 5.75 Å². The molecule has 6 nitrogen and oxygen atoms in total. The fourth-order valence-corrected chi connectivity index (χ4v) is 3.56. The lowest BCUT2D eigenvalue weighted by atomic mass is 10.2. The minimum absolute atomic E-state index is 0.0592. The van der Waals surface area contributed by atoms with Crippen molar-refractivity contribution in [3.63, 3.8) is 0 Å². The monoisotopic (exact) mass is 369 g/mol. The number of carbonyl (C=O) groups excluding carboxylic acids is 1. The Hall–Kier alpha value is -2.09. The molecule has 0 unspecified atom stereocenters. The molecule has 24 heavy (non-hydrogen) atoms. The highest BCUT2D eigenvalue weighted by atomic mass is 35.5. The van der Waals surface area contributed by atoms with Crippen molar-refractivity contribution in [2.24, 2.45) is 0 Å². The summed E-state index contributed by atoms with van der Waals surface area (Å²) in [7, 11) is -1.07. The fraction of sp³-hybridized carbons (Fsp3) is 0.188. The molecular weight excluding hydrogens is 354 g/mol. The SMILES string of the molecule is COC(=O)c1ccc(S(=O)(=O)NCc2cccc(OC)c2)c(Cl)c1. The molecule has 0 fully saturated rings. The number of methoxy groups -OCH3 is 2. The van der Waals surface area contributed by atoms with Gasteiger partial charge < -0.3 is 9.47 Å². The third-order valence-electron chi connectivity index (χ3n) is 3.24. The summed E-state index contributed by atoms with van der Waals surface area (Å²) in [5.74, 6) is 0.0392. The Labute approximate surface area is 145 Å². The number of ether oxygens (including phenoxy) is 2. The molecule has 2 aromatic carbocycles. The van der Waals surface area contributed by atoms with E-state index in [1.807, 2.05) is 0 Å². The van der Waals surface area contributed by atoms with Crippen LogP contribution in [0.25, 0.3) is 0 Å². The predicted molar refractivity (Wildman–Crippen MR) is 89.8 cm³/mol. The maximum Gasteiger partial charge on any atom is 0.337 e. The van der Waals surface area contributed by atoms with Gasteiger partial charge >= 0.3 is 5.97 Å². The first kappa shape index (κ1) is 18.3. The molecule has 0 saturated heterocycles. The lowest BCUT2D eigenvalue weighted by Gasteiger charge is -2.10. The molecule has 0 atom stereocenters. The molecule has 128 valence electrons. The third-order valence-corrected chi connectivity index (χ3v) is 5.13. The van der Waals surface area contributed by atoms with E-state index in [1.165, 1.54) is 32.4 Å². The molecule has 0 amide bonds. The number of benzene rings is 2. The summed E-state index contributed by atoms with van der Waals surface area (Å²) >= 11 is 6.00. The van der Waals surface area contributed by atoms with Crippen LogP contribution in [0.15, 0.2) is 47.4 Å². The summed E-state index contributed by atoms with van der Waals surface area (Å²) < 4.78 is 36.9. The van der Waals surface area contributed by atoms with Crippen molar-refractivity contribution >= 4 is 27.6 Å². The lowest BCUT2D eigenvalue weighted by molar-refractivity contribution is 0.0600. The molecule has 0 radical (unpaired) electrons. The summed E-state index contributed by atoms with van der Waals surface area (Å²) in [6, 6.07) is 10.9. The van der Waals surface area contributed by atoms with Crippen molar-refractivity contribution in [1.29, 1.82) is 0 Å². The molecule has 0 aliphatic carbocycles. The van der Waals surface area contributed by atoms with Gasteiger partial charge in [-0.3, -0.25) is 0 Å². The number of carbonyl (C=O) groups is 1. The van der Waals surface area contributed by atoms with Gasteiger partial charge in [0.1, 0.15) is 10.6 Å². The van der Waals surface area contributed by atoms with Gasteiger partial charge in [-0.2, -0.15) is 0 Å². The van der Waals surface area contributed by atoms with Gasteiger partial charge in [0.25, 0.3) is 0 Å². The summed E-state index contributed by atoms with van der Waals surface area (Å²) in [4.78, 5) is 11.3. The van der Waals surface area contributed by atoms with Crippen LogP contribution in [0.2, 0.25) is 5.02 Å². The first-order valence-electron chi connectivity index (χ1n) is 6.88. The standard InChI is InChI=1S/C16H16ClNO5S/c1-22-13-5-3-4-11(8-13)10-18-24(20,21)15-7-6-12(9-14(15)17)16(19)23-2/h3-9,18H,10H2,1-2H3. The van der Waals surface area contributed by atoms with Crippen LogP contribution in [0.4, 0.5) is 0 Å². The zero-order valence-corrected chi connectivity index (χ0v) is 14.6. The number of sulfonamides is 1. The van der Waals surface area contributed by atoms with E-state index in [2.05, 4.69) is 9.46 Å². The van der Waals surface area contributed by atoms with Crippen LogP contribution in [0, 0.1) is 0 Å². The molecule has 0 aliphatic rings. The van der Waals surface area contributed by atoms with E-state index in [1.54, 1.807) is 24.3 Å². The van der Waals surface area contributed by atoms with E-state index in [4.69, 9.17) is 16.3 Å². The summed E-state index contributed by atoms with van der Waals surface area (Å²) in [5, 5.41) is -0.0592. The molecule has 0 saturated carbocycles. The highest BCUT2D eigenvalue weighted by molar-refractivity contribution is 7.89. The van der Waals surface area contributed by atoms with Gasteiger partial charge in [0, 0.05) is 6.54 Å². The van der Waals surface area contributed by atoms with Crippen LogP contribution in [0.5, 0.6) is 5.75 Å². The first-order valence-corrected chi connectivity index (χ1v) is 8.74. The third kappa shape index (κ3) is 4.25. The van der Waals surface area contributed by atoms with Gasteiger partial charge in [-0.25, -0.2) is 17.9 Å². The lowest BCUT2D eigenvalue weighted by Crippen LogP contribution is -2.23. The van der Waals surface area contributed by atoms with Gasteiger partial charge in [-0.15, -0.1) is 0 Å². The average Bonchev–Trinajstić information content (AvgIpc) is 2.59. The van der Waals surface area contributed by atoms with Crippen molar-refractivity contribution in [3.05, 3.63) is 58.6 Å². The van der Waals surface area contributed by atoms with E-state index in [0.717, 1.165) is 5.56 Å². The fourth-order valence-electron chi connectivity index (χ4n) is 2.00. The second kappa shape index (κ2) is 7.65. The molecule has 0 heterocycles. The quantitative estimate of drug-likeness (QED) is 0.791. The van der Waals surface area contributed by atoms with Crippen LogP contribution in [0.3, 0.4) is 0 Å². The van der Waals surface area contributed by atoms with Gasteiger partial charge in [-0.1, -0.05) is 23.7 Å². The highest BCUT2D eigenvalue weighted by Crippen LogP contribution is 2.23. The van der Waals surface area contributed by atoms with Crippen LogP contribution in [0.1, 0.15) is 15.9 Å². The van der Waals surface area contributed by atoms with Gasteiger partial charge in [0.2, 0.25) is 10.0 Å². The van der Waals surface area contributed by atoms with E-state index in [-0.39, 0.29) is 22.0 Å². The normalized spacial score (nSPS) is 11.1. The Morgan fingerprint density at radius 3 is 2.54 bits per heavy atom. The highest BCUT2D eigenvalue weighted by Gasteiger charge is 2.19. The van der Waals surface area contributed by atoms with Crippen molar-refractivity contribution in [1.82, 2.24) is 4.72 Å². The molecule has 8 heteroatoms. The average molecular weight is 370 g/mol. The smallest absolute Gasteiger partial charge is 0.337 e. The van der Waals surface area contributed by atoms with Crippen LogP contribution in [-0.4, -0.2) is 28.6 Å². The zero-order valence-electron chi connectivity index (χ0n) is 13.1. The number of hydrogen-bond acceptors (Lipinski definition) is 5. The maximum atomic E-state index is 12.4.